The van der Waals surface area contributed by atoms with Crippen LogP contribution in [0.5, 0.6) is 11.5 Å². The fourth-order valence-electron chi connectivity index (χ4n) is 3.07. The van der Waals surface area contributed by atoms with Gasteiger partial charge in [-0.25, -0.2) is 9.97 Å². The summed E-state index contributed by atoms with van der Waals surface area (Å²) < 4.78 is 12.6. The monoisotopic (exact) mass is 393 g/mol. The van der Waals surface area contributed by atoms with Crippen molar-refractivity contribution in [1.29, 1.82) is 0 Å². The summed E-state index contributed by atoms with van der Waals surface area (Å²) >= 11 is 6.11. The summed E-state index contributed by atoms with van der Waals surface area (Å²) in [6.07, 6.45) is 2.46. The molecule has 0 amide bonds. The lowest BCUT2D eigenvalue weighted by atomic mass is 10.1. The molecule has 6 nitrogen and oxygen atoms in total. The van der Waals surface area contributed by atoms with Crippen molar-refractivity contribution >= 4 is 28.9 Å². The van der Waals surface area contributed by atoms with Gasteiger partial charge in [-0.3, -0.25) is 9.36 Å². The van der Waals surface area contributed by atoms with Crippen molar-refractivity contribution < 1.29 is 14.3 Å². The number of aldehydes is 1. The Morgan fingerprint density at radius 2 is 1.82 bits per heavy atom. The molecule has 28 heavy (non-hydrogen) atoms. The standard InChI is InChI=1S/C21H16ClN3O3/c1-27-18-9-16-17(10-19(18)28-2)25(12-23-16)20-7-6-14(11-26)21(24-20)13-4-3-5-15(22)8-13/h3-12H,1-2H3. The zero-order valence-corrected chi connectivity index (χ0v) is 16.0. The lowest BCUT2D eigenvalue weighted by molar-refractivity contribution is 0.112. The van der Waals surface area contributed by atoms with Crippen LogP contribution >= 0.6 is 11.6 Å². The summed E-state index contributed by atoms with van der Waals surface area (Å²) in [6.45, 7) is 0. The van der Waals surface area contributed by atoms with Crippen molar-refractivity contribution in [2.24, 2.45) is 0 Å². The first-order valence-electron chi connectivity index (χ1n) is 8.46. The number of carbonyl (C=O) groups is 1. The summed E-state index contributed by atoms with van der Waals surface area (Å²) in [4.78, 5) is 20.7. The molecule has 0 aliphatic heterocycles. The Bertz CT molecular complexity index is 1190. The number of halogens is 1. The molecule has 2 aromatic heterocycles. The smallest absolute Gasteiger partial charge is 0.163 e. The van der Waals surface area contributed by atoms with Gasteiger partial charge >= 0.3 is 0 Å². The van der Waals surface area contributed by atoms with E-state index in [1.807, 2.05) is 28.8 Å². The van der Waals surface area contributed by atoms with E-state index in [-0.39, 0.29) is 0 Å². The van der Waals surface area contributed by atoms with E-state index in [4.69, 9.17) is 26.1 Å². The third-order valence-corrected chi connectivity index (χ3v) is 4.67. The molecule has 0 unspecified atom stereocenters. The molecule has 2 heterocycles. The molecule has 0 saturated heterocycles. The van der Waals surface area contributed by atoms with Crippen LogP contribution in [0.2, 0.25) is 5.02 Å². The summed E-state index contributed by atoms with van der Waals surface area (Å²) in [7, 11) is 3.16. The first kappa shape index (κ1) is 18.0. The zero-order valence-electron chi connectivity index (χ0n) is 15.2. The average molecular weight is 394 g/mol. The van der Waals surface area contributed by atoms with Crippen LogP contribution in [0.15, 0.2) is 54.9 Å². The van der Waals surface area contributed by atoms with Crippen molar-refractivity contribution in [3.63, 3.8) is 0 Å². The number of ether oxygens (including phenoxy) is 2. The largest absolute Gasteiger partial charge is 0.493 e. The second kappa shape index (κ2) is 7.32. The van der Waals surface area contributed by atoms with Crippen LogP contribution < -0.4 is 9.47 Å². The fraction of sp³-hybridized carbons (Fsp3) is 0.0952. The van der Waals surface area contributed by atoms with Crippen LogP contribution in [0.3, 0.4) is 0 Å². The van der Waals surface area contributed by atoms with Crippen LogP contribution in [0.1, 0.15) is 10.4 Å². The van der Waals surface area contributed by atoms with Gasteiger partial charge in [0.05, 0.1) is 30.9 Å². The Kier molecular flexibility index (Phi) is 4.71. The van der Waals surface area contributed by atoms with Gasteiger partial charge in [0.1, 0.15) is 12.1 Å². The lowest BCUT2D eigenvalue weighted by Gasteiger charge is -2.11. The average Bonchev–Trinajstić information content (AvgIpc) is 3.15. The van der Waals surface area contributed by atoms with Crippen LogP contribution in [0.4, 0.5) is 0 Å². The van der Waals surface area contributed by atoms with E-state index in [9.17, 15) is 4.79 Å². The van der Waals surface area contributed by atoms with Gasteiger partial charge in [-0.1, -0.05) is 23.7 Å². The topological polar surface area (TPSA) is 66.2 Å². The number of hydrogen-bond acceptors (Lipinski definition) is 5. The van der Waals surface area contributed by atoms with Gasteiger partial charge < -0.3 is 9.47 Å². The maximum atomic E-state index is 11.5. The summed E-state index contributed by atoms with van der Waals surface area (Å²) in [5.41, 5.74) is 3.34. The maximum Gasteiger partial charge on any atom is 0.163 e. The van der Waals surface area contributed by atoms with E-state index in [0.717, 1.165) is 22.9 Å². The minimum Gasteiger partial charge on any atom is -0.493 e. The number of fused-ring (bicyclic) bond motifs is 1. The normalized spacial score (nSPS) is 10.8. The molecule has 0 atom stereocenters. The molecule has 7 heteroatoms. The number of carbonyl (C=O) groups excluding carboxylic acids is 1. The number of pyridine rings is 1. The molecule has 2 aromatic carbocycles. The molecule has 0 bridgehead atoms. The highest BCUT2D eigenvalue weighted by Gasteiger charge is 2.14. The molecule has 0 aliphatic rings. The Hall–Kier alpha value is -3.38. The minimum atomic E-state index is 0.481. The number of aromatic nitrogens is 3. The predicted molar refractivity (Wildman–Crippen MR) is 108 cm³/mol. The molecule has 0 aliphatic carbocycles. The van der Waals surface area contributed by atoms with Crippen molar-refractivity contribution in [3.05, 3.63) is 65.4 Å². The summed E-state index contributed by atoms with van der Waals surface area (Å²) in [5.74, 6) is 1.82. The van der Waals surface area contributed by atoms with Crippen molar-refractivity contribution in [2.75, 3.05) is 14.2 Å². The Balaban J connectivity index is 1.90. The molecule has 0 radical (unpaired) electrons. The van der Waals surface area contributed by atoms with E-state index >= 15 is 0 Å². The molecule has 0 fully saturated rings. The Morgan fingerprint density at radius 1 is 1.04 bits per heavy atom. The highest BCUT2D eigenvalue weighted by atomic mass is 35.5. The van der Waals surface area contributed by atoms with Gasteiger partial charge in [-0.05, 0) is 24.3 Å². The summed E-state index contributed by atoms with van der Waals surface area (Å²) in [5, 5.41) is 0.575. The quantitative estimate of drug-likeness (QED) is 0.464. The maximum absolute atomic E-state index is 11.5. The lowest BCUT2D eigenvalue weighted by Crippen LogP contribution is -2.01. The van der Waals surface area contributed by atoms with Crippen LogP contribution in [0, 0.1) is 0 Å². The molecular formula is C21H16ClN3O3. The number of hydrogen-bond donors (Lipinski definition) is 0. The molecule has 0 saturated carbocycles. The molecule has 4 rings (SSSR count). The van der Waals surface area contributed by atoms with Gasteiger partial charge in [-0.2, -0.15) is 0 Å². The second-order valence-corrected chi connectivity index (χ2v) is 6.48. The molecule has 0 N–H and O–H groups in total. The zero-order chi connectivity index (χ0) is 19.7. The number of rotatable bonds is 5. The SMILES string of the molecule is COc1cc2ncn(-c3ccc(C=O)c(-c4cccc(Cl)c4)n3)c2cc1OC. The number of benzene rings is 2. The third kappa shape index (κ3) is 3.08. The van der Waals surface area contributed by atoms with E-state index in [0.29, 0.717) is 33.6 Å². The van der Waals surface area contributed by atoms with Crippen molar-refractivity contribution in [1.82, 2.24) is 14.5 Å². The van der Waals surface area contributed by atoms with E-state index in [1.54, 1.807) is 44.8 Å². The first-order chi connectivity index (χ1) is 13.6. The van der Waals surface area contributed by atoms with Crippen LogP contribution in [-0.4, -0.2) is 35.0 Å². The minimum absolute atomic E-state index is 0.481. The van der Waals surface area contributed by atoms with E-state index in [1.165, 1.54) is 0 Å². The summed E-state index contributed by atoms with van der Waals surface area (Å²) in [6, 6.07) is 14.4. The van der Waals surface area contributed by atoms with Crippen molar-refractivity contribution in [3.8, 4) is 28.6 Å². The Labute approximate surface area is 166 Å². The molecule has 140 valence electrons. The third-order valence-electron chi connectivity index (χ3n) is 4.44. The second-order valence-electron chi connectivity index (χ2n) is 6.05. The van der Waals surface area contributed by atoms with Gasteiger partial charge in [0.25, 0.3) is 0 Å². The Morgan fingerprint density at radius 3 is 2.54 bits per heavy atom. The van der Waals surface area contributed by atoms with E-state index < -0.39 is 0 Å². The van der Waals surface area contributed by atoms with Crippen LogP contribution in [0.25, 0.3) is 28.1 Å². The molecule has 4 aromatic rings. The van der Waals surface area contributed by atoms with Gasteiger partial charge in [0.2, 0.25) is 0 Å². The highest BCUT2D eigenvalue weighted by Crippen LogP contribution is 2.33. The number of nitrogens with zero attached hydrogens (tertiary/aromatic N) is 3. The first-order valence-corrected chi connectivity index (χ1v) is 8.84. The van der Waals surface area contributed by atoms with Gasteiger partial charge in [-0.15, -0.1) is 0 Å². The van der Waals surface area contributed by atoms with Gasteiger partial charge in [0, 0.05) is 28.3 Å². The van der Waals surface area contributed by atoms with Gasteiger partial charge in [0.15, 0.2) is 17.8 Å². The number of imidazole rings is 1. The highest BCUT2D eigenvalue weighted by molar-refractivity contribution is 6.30. The van der Waals surface area contributed by atoms with Crippen molar-refractivity contribution in [2.45, 2.75) is 0 Å². The predicted octanol–water partition coefficient (Wildman–Crippen LogP) is 4.57. The molecule has 0 spiro atoms. The fourth-order valence-corrected chi connectivity index (χ4v) is 3.26. The van der Waals surface area contributed by atoms with E-state index in [2.05, 4.69) is 4.98 Å². The number of methoxy groups -OCH3 is 2. The van der Waals surface area contributed by atoms with Crippen LogP contribution in [-0.2, 0) is 0 Å². The molecular weight excluding hydrogens is 378 g/mol.